The molecule has 0 heterocycles. The molecule has 0 aromatic heterocycles. The Hall–Kier alpha value is -0.705. The van der Waals surface area contributed by atoms with Gasteiger partial charge in [-0.1, -0.05) is 0 Å². The fourth-order valence-corrected chi connectivity index (χ4v) is 0.597. The summed E-state index contributed by atoms with van der Waals surface area (Å²) < 4.78 is 9.79. The first-order valence-corrected chi connectivity index (χ1v) is 3.12. The Morgan fingerprint density at radius 2 is 2.40 bits per heavy atom. The molecule has 5 heteroatoms. The zero-order valence-corrected chi connectivity index (χ0v) is 5.83. The summed E-state index contributed by atoms with van der Waals surface area (Å²) in [5, 5.41) is 11.0. The molecule has 56 valence electrons. The van der Waals surface area contributed by atoms with Gasteiger partial charge in [-0.05, 0) is 0 Å². The Morgan fingerprint density at radius 3 is 2.70 bits per heavy atom. The standard InChI is InChI=1S/C5H10BNO3/c1-2-4(5(8)9)7-3-6-10/h4,7H,2-3H2,1H3,(H,8,9). The van der Waals surface area contributed by atoms with Crippen LogP contribution in [0.3, 0.4) is 0 Å². The van der Waals surface area contributed by atoms with E-state index in [1.54, 1.807) is 6.92 Å². The average Bonchev–Trinajstić information content (AvgIpc) is 1.89. The van der Waals surface area contributed by atoms with Crippen LogP contribution in [-0.4, -0.2) is 30.7 Å². The first-order chi connectivity index (χ1) is 4.72. The Morgan fingerprint density at radius 1 is 1.80 bits per heavy atom. The first kappa shape index (κ1) is 9.29. The summed E-state index contributed by atoms with van der Waals surface area (Å²) in [4.78, 5) is 10.3. The number of hydrogen-bond acceptors (Lipinski definition) is 3. The number of carbonyl (C=O) groups is 1. The van der Waals surface area contributed by atoms with E-state index in [1.165, 1.54) is 0 Å². The summed E-state index contributed by atoms with van der Waals surface area (Å²) in [6, 6.07) is -0.592. The van der Waals surface area contributed by atoms with Crippen molar-refractivity contribution < 1.29 is 14.6 Å². The van der Waals surface area contributed by atoms with Crippen molar-refractivity contribution in [1.29, 1.82) is 0 Å². The molecule has 0 spiro atoms. The Balaban J connectivity index is 3.60. The van der Waals surface area contributed by atoms with Crippen LogP contribution in [0.15, 0.2) is 0 Å². The van der Waals surface area contributed by atoms with Crippen LogP contribution in [0.25, 0.3) is 0 Å². The number of aliphatic carboxylic acids is 1. The van der Waals surface area contributed by atoms with E-state index in [2.05, 4.69) is 5.32 Å². The maximum absolute atomic E-state index is 10.3. The Kier molecular flexibility index (Phi) is 4.75. The number of carboxylic acids is 1. The van der Waals surface area contributed by atoms with Crippen LogP contribution >= 0.6 is 0 Å². The molecule has 0 aliphatic rings. The van der Waals surface area contributed by atoms with Gasteiger partial charge in [0.25, 0.3) is 0 Å². The van der Waals surface area contributed by atoms with Crippen molar-refractivity contribution >= 4 is 13.1 Å². The van der Waals surface area contributed by atoms with E-state index in [0.717, 1.165) is 0 Å². The van der Waals surface area contributed by atoms with Crippen molar-refractivity contribution in [3.8, 4) is 0 Å². The molecule has 0 saturated heterocycles. The van der Waals surface area contributed by atoms with Crippen molar-refractivity contribution in [2.45, 2.75) is 19.4 Å². The van der Waals surface area contributed by atoms with Gasteiger partial charge in [0.15, 0.2) is 0 Å². The van der Waals surface area contributed by atoms with E-state index < -0.39 is 12.0 Å². The molecule has 0 saturated carbocycles. The molecule has 2 N–H and O–H groups in total. The monoisotopic (exact) mass is 143 g/mol. The third kappa shape index (κ3) is 3.35. The second-order valence-electron chi connectivity index (χ2n) is 1.87. The fourth-order valence-electron chi connectivity index (χ4n) is 0.597. The van der Waals surface area contributed by atoms with Crippen molar-refractivity contribution in [1.82, 2.24) is 5.32 Å². The van der Waals surface area contributed by atoms with E-state index >= 15 is 0 Å². The molecule has 0 aromatic carbocycles. The van der Waals surface area contributed by atoms with Crippen molar-refractivity contribution in [2.24, 2.45) is 0 Å². The maximum atomic E-state index is 10.3. The van der Waals surface area contributed by atoms with E-state index in [1.807, 2.05) is 0 Å². The van der Waals surface area contributed by atoms with Gasteiger partial charge in [-0.2, -0.15) is 0 Å². The van der Waals surface area contributed by atoms with E-state index in [-0.39, 0.29) is 6.44 Å². The summed E-state index contributed by atoms with van der Waals surface area (Å²) in [5.41, 5.74) is 0. The summed E-state index contributed by atoms with van der Waals surface area (Å²) in [6.45, 7) is 1.75. The minimum atomic E-state index is -0.913. The van der Waals surface area contributed by atoms with Crippen molar-refractivity contribution in [3.05, 3.63) is 0 Å². The number of hydrogen-bond donors (Lipinski definition) is 2. The summed E-state index contributed by atoms with van der Waals surface area (Å²) in [6.07, 6.45) is 0.591. The Bertz CT molecular complexity index is 128. The minimum absolute atomic E-state index is 0.102. The van der Waals surface area contributed by atoms with E-state index in [9.17, 15) is 9.50 Å². The van der Waals surface area contributed by atoms with Gasteiger partial charge in [-0.15, -0.1) is 0 Å². The molecule has 0 aliphatic heterocycles. The van der Waals surface area contributed by atoms with E-state index in [0.29, 0.717) is 13.6 Å². The van der Waals surface area contributed by atoms with Crippen LogP contribution in [-0.2, 0) is 9.50 Å². The topological polar surface area (TPSA) is 66.4 Å². The normalized spacial score (nSPS) is 12.1. The Labute approximate surface area is 59.9 Å². The fraction of sp³-hybridized carbons (Fsp3) is 0.800. The van der Waals surface area contributed by atoms with Crippen molar-refractivity contribution in [3.63, 3.8) is 0 Å². The number of carboxylic acid groups (broad SMARTS) is 1. The van der Waals surface area contributed by atoms with Crippen molar-refractivity contribution in [2.75, 3.05) is 6.44 Å². The van der Waals surface area contributed by atoms with Gasteiger partial charge in [0, 0.05) is 0 Å². The summed E-state index contributed by atoms with van der Waals surface area (Å²) in [7, 11) is 0.644. The molecular weight excluding hydrogens is 133 g/mol. The van der Waals surface area contributed by atoms with Crippen LogP contribution in [0.2, 0.25) is 0 Å². The molecule has 1 atom stereocenters. The molecule has 0 radical (unpaired) electrons. The van der Waals surface area contributed by atoms with Crippen LogP contribution in [0.1, 0.15) is 13.3 Å². The zero-order chi connectivity index (χ0) is 7.98. The molecule has 0 bridgehead atoms. The van der Waals surface area contributed by atoms with Gasteiger partial charge >= 0.3 is 58.9 Å². The molecule has 0 fully saturated rings. The van der Waals surface area contributed by atoms with Gasteiger partial charge in [-0.3, -0.25) is 0 Å². The van der Waals surface area contributed by atoms with Crippen LogP contribution < -0.4 is 5.32 Å². The molecule has 4 nitrogen and oxygen atoms in total. The number of rotatable bonds is 5. The molecule has 0 aliphatic carbocycles. The third-order valence-corrected chi connectivity index (χ3v) is 1.15. The average molecular weight is 143 g/mol. The van der Waals surface area contributed by atoms with E-state index in [4.69, 9.17) is 5.11 Å². The quantitative estimate of drug-likeness (QED) is 0.506. The van der Waals surface area contributed by atoms with Crippen LogP contribution in [0, 0.1) is 0 Å². The predicted octanol–water partition coefficient (Wildman–Crippen LogP) is -0.554. The van der Waals surface area contributed by atoms with Crippen LogP contribution in [0.5, 0.6) is 0 Å². The third-order valence-electron chi connectivity index (χ3n) is 1.15. The predicted molar refractivity (Wildman–Crippen MR) is 36.2 cm³/mol. The SMILES string of the molecule is CCC(NCB=O)C(=O)O. The van der Waals surface area contributed by atoms with Gasteiger partial charge in [0.05, 0.1) is 0 Å². The van der Waals surface area contributed by atoms with Gasteiger partial charge < -0.3 is 0 Å². The molecule has 10 heavy (non-hydrogen) atoms. The molecular formula is C5H10BNO3. The first-order valence-electron chi connectivity index (χ1n) is 3.12. The molecule has 0 aromatic rings. The molecule has 1 unspecified atom stereocenters. The summed E-state index contributed by atoms with van der Waals surface area (Å²) in [5.74, 6) is -0.913. The zero-order valence-electron chi connectivity index (χ0n) is 5.83. The second-order valence-corrected chi connectivity index (χ2v) is 1.87. The van der Waals surface area contributed by atoms with Gasteiger partial charge in [0.2, 0.25) is 0 Å². The summed E-state index contributed by atoms with van der Waals surface area (Å²) >= 11 is 0. The van der Waals surface area contributed by atoms with Crippen LogP contribution in [0.4, 0.5) is 0 Å². The van der Waals surface area contributed by atoms with Gasteiger partial charge in [-0.25, -0.2) is 0 Å². The second kappa shape index (κ2) is 5.11. The van der Waals surface area contributed by atoms with Gasteiger partial charge in [0.1, 0.15) is 0 Å². The molecule has 0 rings (SSSR count). The number of nitrogens with one attached hydrogen (secondary N) is 1. The molecule has 0 amide bonds.